The minimum Gasteiger partial charge on any atom is -0.342 e. The molecule has 3 fully saturated rings. The van der Waals surface area contributed by atoms with Crippen LogP contribution in [0.3, 0.4) is 0 Å². The van der Waals surface area contributed by atoms with Crippen LogP contribution in [0, 0.1) is 5.41 Å². The maximum absolute atomic E-state index is 12.7. The molecule has 0 aromatic carbocycles. The quantitative estimate of drug-likeness (QED) is 0.805. The topological polar surface area (TPSA) is 69.9 Å². The van der Waals surface area contributed by atoms with Crippen LogP contribution in [-0.4, -0.2) is 78.9 Å². The Labute approximate surface area is 151 Å². The number of piperazine rings is 1. The summed E-state index contributed by atoms with van der Waals surface area (Å²) in [6.45, 7) is 6.07. The molecule has 0 radical (unpaired) electrons. The molecule has 3 aliphatic rings. The highest BCUT2D eigenvalue weighted by atomic mass is 16.2. The molecule has 142 valence electrons. The number of amides is 2. The van der Waals surface area contributed by atoms with Crippen LogP contribution in [0.4, 0.5) is 0 Å². The van der Waals surface area contributed by atoms with E-state index >= 15 is 0 Å². The maximum Gasteiger partial charge on any atom is 0.236 e. The fourth-order valence-corrected chi connectivity index (χ4v) is 4.60. The standard InChI is InChI=1S/C19H34N4O2/c20-16-19(6-2-1-3-7-19)14-17(24)23-12-10-21(11-13-23)15-18(25)22-8-4-5-9-22/h1-16,20H2. The lowest BCUT2D eigenvalue weighted by Gasteiger charge is -2.39. The molecule has 6 heteroatoms. The van der Waals surface area contributed by atoms with Crippen LogP contribution >= 0.6 is 0 Å². The van der Waals surface area contributed by atoms with Crippen LogP contribution in [0.1, 0.15) is 51.4 Å². The van der Waals surface area contributed by atoms with Gasteiger partial charge in [-0.3, -0.25) is 14.5 Å². The van der Waals surface area contributed by atoms with Crippen LogP contribution in [-0.2, 0) is 9.59 Å². The molecule has 0 spiro atoms. The molecular weight excluding hydrogens is 316 g/mol. The fourth-order valence-electron chi connectivity index (χ4n) is 4.60. The third-order valence-corrected chi connectivity index (χ3v) is 6.42. The summed E-state index contributed by atoms with van der Waals surface area (Å²) >= 11 is 0. The average Bonchev–Trinajstić information content (AvgIpc) is 3.18. The number of hydrogen-bond acceptors (Lipinski definition) is 4. The third-order valence-electron chi connectivity index (χ3n) is 6.42. The number of carbonyl (C=O) groups is 2. The zero-order chi connectivity index (χ0) is 17.7. The number of nitrogens with zero attached hydrogens (tertiary/aromatic N) is 3. The Morgan fingerprint density at radius 3 is 1.96 bits per heavy atom. The zero-order valence-electron chi connectivity index (χ0n) is 15.5. The summed E-state index contributed by atoms with van der Waals surface area (Å²) in [7, 11) is 0. The lowest BCUT2D eigenvalue weighted by molar-refractivity contribution is -0.137. The van der Waals surface area contributed by atoms with Gasteiger partial charge in [0.15, 0.2) is 0 Å². The predicted octanol–water partition coefficient (Wildman–Crippen LogP) is 1.05. The molecular formula is C19H34N4O2. The van der Waals surface area contributed by atoms with Gasteiger partial charge in [0.1, 0.15) is 0 Å². The van der Waals surface area contributed by atoms with Gasteiger partial charge in [0.25, 0.3) is 0 Å². The van der Waals surface area contributed by atoms with Gasteiger partial charge in [-0.2, -0.15) is 0 Å². The van der Waals surface area contributed by atoms with E-state index in [0.29, 0.717) is 19.5 Å². The molecule has 1 aliphatic carbocycles. The largest absolute Gasteiger partial charge is 0.342 e. The lowest BCUT2D eigenvalue weighted by Crippen LogP contribution is -2.52. The van der Waals surface area contributed by atoms with Crippen LogP contribution in [0.15, 0.2) is 0 Å². The molecule has 2 heterocycles. The Balaban J connectivity index is 1.43. The molecule has 2 N–H and O–H groups in total. The van der Waals surface area contributed by atoms with Crippen molar-refractivity contribution in [1.82, 2.24) is 14.7 Å². The van der Waals surface area contributed by atoms with Crippen molar-refractivity contribution in [2.45, 2.75) is 51.4 Å². The van der Waals surface area contributed by atoms with Crippen LogP contribution in [0.2, 0.25) is 0 Å². The van der Waals surface area contributed by atoms with Gasteiger partial charge in [-0.25, -0.2) is 0 Å². The molecule has 0 atom stereocenters. The number of likely N-dealkylation sites (tertiary alicyclic amines) is 1. The second-order valence-electron chi connectivity index (χ2n) is 8.19. The molecule has 0 bridgehead atoms. The first-order valence-electron chi connectivity index (χ1n) is 10.1. The molecule has 1 saturated carbocycles. The van der Waals surface area contributed by atoms with E-state index in [4.69, 9.17) is 5.73 Å². The minimum absolute atomic E-state index is 0.0399. The normalized spacial score (nSPS) is 24.5. The first-order chi connectivity index (χ1) is 12.1. The molecule has 6 nitrogen and oxygen atoms in total. The molecule has 25 heavy (non-hydrogen) atoms. The minimum atomic E-state index is 0.0399. The Hall–Kier alpha value is -1.14. The van der Waals surface area contributed by atoms with Gasteiger partial charge >= 0.3 is 0 Å². The summed E-state index contributed by atoms with van der Waals surface area (Å²) in [5, 5.41) is 0. The summed E-state index contributed by atoms with van der Waals surface area (Å²) in [5.74, 6) is 0.513. The summed E-state index contributed by atoms with van der Waals surface area (Å²) in [5.41, 5.74) is 6.07. The lowest BCUT2D eigenvalue weighted by atomic mass is 9.71. The van der Waals surface area contributed by atoms with E-state index in [-0.39, 0.29) is 17.2 Å². The molecule has 3 rings (SSSR count). The highest BCUT2D eigenvalue weighted by molar-refractivity contribution is 5.79. The van der Waals surface area contributed by atoms with Crippen molar-refractivity contribution in [2.75, 3.05) is 52.4 Å². The van der Waals surface area contributed by atoms with Gasteiger partial charge < -0.3 is 15.5 Å². The molecule has 2 aliphatic heterocycles. The Morgan fingerprint density at radius 1 is 0.760 bits per heavy atom. The van der Waals surface area contributed by atoms with Crippen molar-refractivity contribution in [1.29, 1.82) is 0 Å². The third kappa shape index (κ3) is 4.73. The maximum atomic E-state index is 12.7. The number of rotatable bonds is 5. The molecule has 0 aromatic heterocycles. The van der Waals surface area contributed by atoms with Gasteiger partial charge in [0.05, 0.1) is 6.54 Å². The van der Waals surface area contributed by atoms with Crippen LogP contribution < -0.4 is 5.73 Å². The molecule has 2 amide bonds. The molecule has 0 aromatic rings. The Morgan fingerprint density at radius 2 is 1.36 bits per heavy atom. The van der Waals surface area contributed by atoms with E-state index in [1.165, 1.54) is 19.3 Å². The van der Waals surface area contributed by atoms with Crippen molar-refractivity contribution in [3.8, 4) is 0 Å². The number of hydrogen-bond donors (Lipinski definition) is 1. The van der Waals surface area contributed by atoms with E-state index < -0.39 is 0 Å². The number of nitrogens with two attached hydrogens (primary N) is 1. The van der Waals surface area contributed by atoms with Crippen molar-refractivity contribution in [3.63, 3.8) is 0 Å². The SMILES string of the molecule is NCC1(CC(=O)N2CCN(CC(=O)N3CCCC3)CC2)CCCCC1. The highest BCUT2D eigenvalue weighted by Crippen LogP contribution is 2.38. The summed E-state index contributed by atoms with van der Waals surface area (Å²) in [6.07, 6.45) is 8.76. The van der Waals surface area contributed by atoms with Crippen LogP contribution in [0.25, 0.3) is 0 Å². The monoisotopic (exact) mass is 350 g/mol. The smallest absolute Gasteiger partial charge is 0.236 e. The van der Waals surface area contributed by atoms with E-state index in [2.05, 4.69) is 4.90 Å². The first kappa shape index (κ1) is 18.6. The van der Waals surface area contributed by atoms with Gasteiger partial charge in [-0.1, -0.05) is 19.3 Å². The van der Waals surface area contributed by atoms with E-state index in [9.17, 15) is 9.59 Å². The second kappa shape index (κ2) is 8.49. The summed E-state index contributed by atoms with van der Waals surface area (Å²) in [4.78, 5) is 31.2. The van der Waals surface area contributed by atoms with Gasteiger partial charge in [-0.15, -0.1) is 0 Å². The molecule has 0 unspecified atom stereocenters. The van der Waals surface area contributed by atoms with E-state index in [1.54, 1.807) is 0 Å². The predicted molar refractivity (Wildman–Crippen MR) is 98.0 cm³/mol. The van der Waals surface area contributed by atoms with E-state index in [1.807, 2.05) is 9.80 Å². The average molecular weight is 351 g/mol. The number of carbonyl (C=O) groups excluding carboxylic acids is 2. The van der Waals surface area contributed by atoms with E-state index in [0.717, 1.165) is 65.0 Å². The second-order valence-corrected chi connectivity index (χ2v) is 8.19. The fraction of sp³-hybridized carbons (Fsp3) is 0.895. The van der Waals surface area contributed by atoms with Gasteiger partial charge in [0, 0.05) is 45.7 Å². The zero-order valence-corrected chi connectivity index (χ0v) is 15.5. The van der Waals surface area contributed by atoms with Gasteiger partial charge in [-0.05, 0) is 37.6 Å². The van der Waals surface area contributed by atoms with Crippen molar-refractivity contribution in [2.24, 2.45) is 11.1 Å². The van der Waals surface area contributed by atoms with Crippen molar-refractivity contribution >= 4 is 11.8 Å². The van der Waals surface area contributed by atoms with Crippen molar-refractivity contribution < 1.29 is 9.59 Å². The van der Waals surface area contributed by atoms with Gasteiger partial charge in [0.2, 0.25) is 11.8 Å². The summed E-state index contributed by atoms with van der Waals surface area (Å²) < 4.78 is 0. The van der Waals surface area contributed by atoms with Crippen molar-refractivity contribution in [3.05, 3.63) is 0 Å². The molecule has 2 saturated heterocycles. The Bertz CT molecular complexity index is 462. The summed E-state index contributed by atoms with van der Waals surface area (Å²) in [6, 6.07) is 0. The first-order valence-corrected chi connectivity index (χ1v) is 10.1. The van der Waals surface area contributed by atoms with Crippen LogP contribution in [0.5, 0.6) is 0 Å². The highest BCUT2D eigenvalue weighted by Gasteiger charge is 2.35. The Kier molecular flexibility index (Phi) is 6.34.